The summed E-state index contributed by atoms with van der Waals surface area (Å²) >= 11 is 0. The Morgan fingerprint density at radius 1 is 0.944 bits per heavy atom. The Hall–Kier alpha value is -2.57. The molecule has 4 atom stereocenters. The molecule has 0 aromatic heterocycles. The van der Waals surface area contributed by atoms with Crippen LogP contribution in [0.1, 0.15) is 104 Å². The molecule has 7 heteroatoms. The van der Waals surface area contributed by atoms with Gasteiger partial charge in [-0.05, 0) is 65.9 Å². The van der Waals surface area contributed by atoms with Gasteiger partial charge in [-0.15, -0.1) is 0 Å². The quantitative estimate of drug-likeness (QED) is 0.376. The lowest BCUT2D eigenvalue weighted by molar-refractivity contribution is -0.143. The van der Waals surface area contributed by atoms with Crippen molar-refractivity contribution in [2.45, 2.75) is 119 Å². The first-order valence-corrected chi connectivity index (χ1v) is 13.4. The van der Waals surface area contributed by atoms with Gasteiger partial charge in [0.2, 0.25) is 11.8 Å². The minimum Gasteiger partial charge on any atom is -0.444 e. The maximum absolute atomic E-state index is 14.1. The normalized spacial score (nSPS) is 14.8. The van der Waals surface area contributed by atoms with E-state index >= 15 is 0 Å². The average molecular weight is 504 g/mol. The standard InChI is InChI=1S/C29H49N3O4/c1-11-14-22(7)30-26(33)25(23-17-19(4)16-20(5)18-23)32(15-12-2)27(34)24(21(6)13-3)31-28(35)36-29(8,9)10/h16-18,21-22,24-25H,11-15H2,1-10H3,(H,30,33)(H,31,35). The summed E-state index contributed by atoms with van der Waals surface area (Å²) in [4.78, 5) is 42.1. The van der Waals surface area contributed by atoms with Crippen molar-refractivity contribution in [2.24, 2.45) is 5.92 Å². The molecule has 4 unspecified atom stereocenters. The maximum atomic E-state index is 14.1. The molecule has 0 saturated heterocycles. The van der Waals surface area contributed by atoms with Crippen molar-refractivity contribution in [2.75, 3.05) is 6.54 Å². The second-order valence-electron chi connectivity index (χ2n) is 11.1. The molecule has 204 valence electrons. The smallest absolute Gasteiger partial charge is 0.408 e. The number of benzene rings is 1. The van der Waals surface area contributed by atoms with E-state index in [1.807, 2.05) is 53.7 Å². The van der Waals surface area contributed by atoms with E-state index in [9.17, 15) is 14.4 Å². The molecule has 0 spiro atoms. The van der Waals surface area contributed by atoms with Gasteiger partial charge in [0, 0.05) is 12.6 Å². The van der Waals surface area contributed by atoms with Gasteiger partial charge in [0.15, 0.2) is 0 Å². The first kappa shape index (κ1) is 31.5. The Kier molecular flexibility index (Phi) is 12.4. The van der Waals surface area contributed by atoms with Crippen LogP contribution in [0.15, 0.2) is 18.2 Å². The molecule has 1 aromatic carbocycles. The fraction of sp³-hybridized carbons (Fsp3) is 0.690. The van der Waals surface area contributed by atoms with E-state index in [0.29, 0.717) is 19.4 Å². The molecule has 0 aliphatic heterocycles. The highest BCUT2D eigenvalue weighted by Gasteiger charge is 2.38. The molecule has 0 saturated carbocycles. The Morgan fingerprint density at radius 2 is 1.53 bits per heavy atom. The predicted molar refractivity (Wildman–Crippen MR) is 146 cm³/mol. The zero-order valence-corrected chi connectivity index (χ0v) is 24.2. The van der Waals surface area contributed by atoms with E-state index in [4.69, 9.17) is 4.74 Å². The van der Waals surface area contributed by atoms with Gasteiger partial charge in [-0.3, -0.25) is 9.59 Å². The van der Waals surface area contributed by atoms with Crippen molar-refractivity contribution in [1.29, 1.82) is 0 Å². The van der Waals surface area contributed by atoms with Crippen molar-refractivity contribution in [1.82, 2.24) is 15.5 Å². The third-order valence-electron chi connectivity index (χ3n) is 6.13. The third kappa shape index (κ3) is 9.82. The number of rotatable bonds is 12. The summed E-state index contributed by atoms with van der Waals surface area (Å²) in [5.41, 5.74) is 2.14. The molecule has 0 fully saturated rings. The van der Waals surface area contributed by atoms with Gasteiger partial charge in [-0.2, -0.15) is 0 Å². The molecule has 0 aliphatic rings. The van der Waals surface area contributed by atoms with Crippen LogP contribution >= 0.6 is 0 Å². The van der Waals surface area contributed by atoms with Crippen molar-refractivity contribution >= 4 is 17.9 Å². The molecule has 3 amide bonds. The van der Waals surface area contributed by atoms with Gasteiger partial charge >= 0.3 is 6.09 Å². The summed E-state index contributed by atoms with van der Waals surface area (Å²) in [6.07, 6.45) is 2.51. The second-order valence-corrected chi connectivity index (χ2v) is 11.1. The number of amides is 3. The molecule has 2 N–H and O–H groups in total. The topological polar surface area (TPSA) is 87.7 Å². The van der Waals surface area contributed by atoms with Crippen LogP contribution in [0.3, 0.4) is 0 Å². The molecular weight excluding hydrogens is 454 g/mol. The van der Waals surface area contributed by atoms with E-state index in [2.05, 4.69) is 23.6 Å². The zero-order chi connectivity index (χ0) is 27.6. The number of ether oxygens (including phenoxy) is 1. The number of nitrogens with zero attached hydrogens (tertiary/aromatic N) is 1. The summed E-state index contributed by atoms with van der Waals surface area (Å²) in [6, 6.07) is 4.36. The lowest BCUT2D eigenvalue weighted by atomic mass is 9.94. The number of alkyl carbamates (subject to hydrolysis) is 1. The van der Waals surface area contributed by atoms with Crippen LogP contribution in [0, 0.1) is 19.8 Å². The van der Waals surface area contributed by atoms with Gasteiger partial charge in [0.05, 0.1) is 0 Å². The van der Waals surface area contributed by atoms with Crippen molar-refractivity contribution in [3.8, 4) is 0 Å². The van der Waals surface area contributed by atoms with Crippen LogP contribution in [0.4, 0.5) is 4.79 Å². The molecule has 0 aliphatic carbocycles. The van der Waals surface area contributed by atoms with Gasteiger partial charge in [-0.25, -0.2) is 4.79 Å². The minimum atomic E-state index is -0.814. The number of aryl methyl sites for hydroxylation is 2. The third-order valence-corrected chi connectivity index (χ3v) is 6.13. The van der Waals surface area contributed by atoms with E-state index in [0.717, 1.165) is 29.5 Å². The van der Waals surface area contributed by atoms with Crippen LogP contribution < -0.4 is 10.6 Å². The first-order chi connectivity index (χ1) is 16.7. The zero-order valence-electron chi connectivity index (χ0n) is 24.2. The maximum Gasteiger partial charge on any atom is 0.408 e. The number of carbonyl (C=O) groups excluding carboxylic acids is 3. The van der Waals surface area contributed by atoms with Gasteiger partial charge < -0.3 is 20.3 Å². The van der Waals surface area contributed by atoms with Crippen molar-refractivity contribution < 1.29 is 19.1 Å². The predicted octanol–water partition coefficient (Wildman–Crippen LogP) is 5.83. The Bertz CT molecular complexity index is 858. The Morgan fingerprint density at radius 3 is 2.00 bits per heavy atom. The SMILES string of the molecule is CCCC(C)NC(=O)C(c1cc(C)cc(C)c1)N(CCC)C(=O)C(NC(=O)OC(C)(C)C)C(C)CC. The summed E-state index contributed by atoms with van der Waals surface area (Å²) in [5.74, 6) is -0.631. The summed E-state index contributed by atoms with van der Waals surface area (Å²) < 4.78 is 5.46. The fourth-order valence-corrected chi connectivity index (χ4v) is 4.37. The molecule has 1 rings (SSSR count). The Labute approximate surface area is 218 Å². The van der Waals surface area contributed by atoms with E-state index in [1.165, 1.54) is 0 Å². The van der Waals surface area contributed by atoms with Gasteiger partial charge in [0.1, 0.15) is 17.7 Å². The van der Waals surface area contributed by atoms with Crippen LogP contribution in [-0.4, -0.2) is 47.0 Å². The Balaban J connectivity index is 3.52. The van der Waals surface area contributed by atoms with Gasteiger partial charge in [-0.1, -0.05) is 69.9 Å². The van der Waals surface area contributed by atoms with E-state index in [-0.39, 0.29) is 23.8 Å². The number of nitrogens with one attached hydrogen (secondary N) is 2. The van der Waals surface area contributed by atoms with Gasteiger partial charge in [0.25, 0.3) is 0 Å². The van der Waals surface area contributed by atoms with E-state index in [1.54, 1.807) is 25.7 Å². The number of hydrogen-bond donors (Lipinski definition) is 2. The van der Waals surface area contributed by atoms with Crippen molar-refractivity contribution in [3.63, 3.8) is 0 Å². The second kappa shape index (κ2) is 14.2. The highest BCUT2D eigenvalue weighted by molar-refractivity contribution is 5.92. The van der Waals surface area contributed by atoms with E-state index < -0.39 is 23.8 Å². The largest absolute Gasteiger partial charge is 0.444 e. The van der Waals surface area contributed by atoms with Crippen molar-refractivity contribution in [3.05, 3.63) is 34.9 Å². The van der Waals surface area contributed by atoms with Crippen LogP contribution in [0.5, 0.6) is 0 Å². The number of hydrogen-bond acceptors (Lipinski definition) is 4. The lowest BCUT2D eigenvalue weighted by Crippen LogP contribution is -2.55. The summed E-state index contributed by atoms with van der Waals surface area (Å²) in [5, 5.41) is 5.93. The molecular formula is C29H49N3O4. The van der Waals surface area contributed by atoms with Crippen LogP contribution in [-0.2, 0) is 14.3 Å². The highest BCUT2D eigenvalue weighted by atomic mass is 16.6. The summed E-state index contributed by atoms with van der Waals surface area (Å²) in [7, 11) is 0. The average Bonchev–Trinajstić information content (AvgIpc) is 2.74. The number of carbonyl (C=O) groups is 3. The molecule has 0 heterocycles. The highest BCUT2D eigenvalue weighted by Crippen LogP contribution is 2.27. The first-order valence-electron chi connectivity index (χ1n) is 13.4. The fourth-order valence-electron chi connectivity index (χ4n) is 4.37. The minimum absolute atomic E-state index is 0.0141. The molecule has 0 radical (unpaired) electrons. The summed E-state index contributed by atoms with van der Waals surface area (Å²) in [6.45, 7) is 19.7. The monoisotopic (exact) mass is 503 g/mol. The lowest BCUT2D eigenvalue weighted by Gasteiger charge is -2.36. The molecule has 7 nitrogen and oxygen atoms in total. The molecule has 36 heavy (non-hydrogen) atoms. The molecule has 0 bridgehead atoms. The van der Waals surface area contributed by atoms with Crippen LogP contribution in [0.2, 0.25) is 0 Å². The van der Waals surface area contributed by atoms with Crippen LogP contribution in [0.25, 0.3) is 0 Å². The molecule has 1 aromatic rings.